The number of ether oxygens (including phenoxy) is 3. The molecule has 34 heavy (non-hydrogen) atoms. The first-order valence-electron chi connectivity index (χ1n) is 11.5. The third kappa shape index (κ3) is 5.47. The van der Waals surface area contributed by atoms with Crippen molar-refractivity contribution in [2.75, 3.05) is 19.8 Å². The van der Waals surface area contributed by atoms with Gasteiger partial charge in [0.1, 0.15) is 24.0 Å². The lowest BCUT2D eigenvalue weighted by Crippen LogP contribution is -2.52. The Morgan fingerprint density at radius 2 is 1.56 bits per heavy atom. The molecular weight excluding hydrogens is 434 g/mol. The Bertz CT molecular complexity index is 1080. The number of ketones is 1. The van der Waals surface area contributed by atoms with Crippen LogP contribution in [0.25, 0.3) is 11.1 Å². The minimum Gasteiger partial charge on any atom is -0.489 e. The van der Waals surface area contributed by atoms with Gasteiger partial charge in [0.2, 0.25) is 0 Å². The minimum absolute atomic E-state index is 0.0374. The molecule has 1 aliphatic carbocycles. The summed E-state index contributed by atoms with van der Waals surface area (Å²) in [6.45, 7) is 11.0. The van der Waals surface area contributed by atoms with E-state index in [1.807, 2.05) is 18.2 Å². The number of nitrogens with one attached hydrogen (secondary N) is 1. The smallest absolute Gasteiger partial charge is 0.325 e. The number of carbonyl (C=O) groups is 3. The SMILES string of the molecule is CCOC(=O)C(C)(C)NCC(COc1cccc2c1-c1ccccc1C2=O)OC(=O)C(C)(C)C. The summed E-state index contributed by atoms with van der Waals surface area (Å²) >= 11 is 0. The van der Waals surface area contributed by atoms with Crippen molar-refractivity contribution in [3.63, 3.8) is 0 Å². The van der Waals surface area contributed by atoms with Gasteiger partial charge in [-0.25, -0.2) is 0 Å². The zero-order valence-corrected chi connectivity index (χ0v) is 20.7. The van der Waals surface area contributed by atoms with E-state index in [1.165, 1.54) is 0 Å². The van der Waals surface area contributed by atoms with Gasteiger partial charge in [-0.2, -0.15) is 0 Å². The number of benzene rings is 2. The van der Waals surface area contributed by atoms with Crippen LogP contribution in [0, 0.1) is 5.41 Å². The van der Waals surface area contributed by atoms with Gasteiger partial charge in [-0.05, 0) is 53.2 Å². The molecule has 7 nitrogen and oxygen atoms in total. The normalized spacial score (nSPS) is 13.6. The molecule has 0 aromatic heterocycles. The van der Waals surface area contributed by atoms with Crippen LogP contribution in [-0.2, 0) is 19.1 Å². The molecule has 0 saturated carbocycles. The van der Waals surface area contributed by atoms with E-state index in [4.69, 9.17) is 14.2 Å². The molecule has 1 unspecified atom stereocenters. The zero-order chi connectivity index (χ0) is 25.1. The lowest BCUT2D eigenvalue weighted by atomic mass is 9.97. The molecule has 1 atom stereocenters. The average Bonchev–Trinajstić information content (AvgIpc) is 3.08. The lowest BCUT2D eigenvalue weighted by molar-refractivity contribution is -0.160. The van der Waals surface area contributed by atoms with Crippen molar-refractivity contribution in [3.8, 4) is 16.9 Å². The first-order chi connectivity index (χ1) is 16.0. The minimum atomic E-state index is -0.970. The maximum Gasteiger partial charge on any atom is 0.325 e. The van der Waals surface area contributed by atoms with E-state index in [9.17, 15) is 14.4 Å². The molecule has 0 saturated heterocycles. The zero-order valence-electron chi connectivity index (χ0n) is 20.7. The van der Waals surface area contributed by atoms with Crippen LogP contribution < -0.4 is 10.1 Å². The van der Waals surface area contributed by atoms with Crippen molar-refractivity contribution in [2.24, 2.45) is 5.41 Å². The molecule has 0 amide bonds. The standard InChI is InChI=1S/C27H33NO6/c1-7-32-25(31)27(5,6)28-15-17(34-24(30)26(2,3)4)16-33-21-14-10-13-20-22(21)18-11-8-9-12-19(18)23(20)29/h8-14,17,28H,7,15-16H2,1-6H3. The Kier molecular flexibility index (Phi) is 7.46. The molecule has 182 valence electrons. The van der Waals surface area contributed by atoms with Gasteiger partial charge in [0.05, 0.1) is 12.0 Å². The second-order valence-electron chi connectivity index (χ2n) is 9.87. The van der Waals surface area contributed by atoms with Crippen LogP contribution in [0.1, 0.15) is 57.5 Å². The average molecular weight is 468 g/mol. The summed E-state index contributed by atoms with van der Waals surface area (Å²) in [4.78, 5) is 37.6. The number of esters is 2. The fourth-order valence-electron chi connectivity index (χ4n) is 3.56. The van der Waals surface area contributed by atoms with E-state index >= 15 is 0 Å². The number of carbonyl (C=O) groups excluding carboxylic acids is 3. The highest BCUT2D eigenvalue weighted by molar-refractivity contribution is 6.22. The largest absolute Gasteiger partial charge is 0.489 e. The molecule has 1 aliphatic rings. The fraction of sp³-hybridized carbons (Fsp3) is 0.444. The number of hydrogen-bond donors (Lipinski definition) is 1. The van der Waals surface area contributed by atoms with Gasteiger partial charge in [-0.15, -0.1) is 0 Å². The summed E-state index contributed by atoms with van der Waals surface area (Å²) < 4.78 is 17.0. The van der Waals surface area contributed by atoms with Crippen molar-refractivity contribution in [2.45, 2.75) is 53.2 Å². The second kappa shape index (κ2) is 9.97. The molecule has 3 rings (SSSR count). The molecule has 0 fully saturated rings. The van der Waals surface area contributed by atoms with E-state index in [2.05, 4.69) is 5.32 Å². The Hall–Kier alpha value is -3.19. The van der Waals surface area contributed by atoms with Crippen molar-refractivity contribution >= 4 is 17.7 Å². The predicted octanol–water partition coefficient (Wildman–Crippen LogP) is 4.17. The Balaban J connectivity index is 1.80. The summed E-state index contributed by atoms with van der Waals surface area (Å²) in [6, 6.07) is 12.8. The molecule has 1 N–H and O–H groups in total. The maximum absolute atomic E-state index is 12.8. The first kappa shape index (κ1) is 25.4. The Labute approximate surface area is 200 Å². The third-order valence-electron chi connectivity index (χ3n) is 5.58. The first-order valence-corrected chi connectivity index (χ1v) is 11.5. The molecule has 2 aromatic carbocycles. The van der Waals surface area contributed by atoms with E-state index < -0.39 is 23.0 Å². The summed E-state index contributed by atoms with van der Waals surface area (Å²) in [6.07, 6.45) is -0.677. The van der Waals surface area contributed by atoms with Gasteiger partial charge in [0, 0.05) is 23.2 Å². The molecule has 0 spiro atoms. The maximum atomic E-state index is 12.8. The van der Waals surface area contributed by atoms with E-state index in [0.29, 0.717) is 16.9 Å². The van der Waals surface area contributed by atoms with Crippen molar-refractivity contribution in [1.29, 1.82) is 0 Å². The van der Waals surface area contributed by atoms with Gasteiger partial charge >= 0.3 is 11.9 Å². The van der Waals surface area contributed by atoms with E-state index in [1.54, 1.807) is 65.8 Å². The lowest BCUT2D eigenvalue weighted by Gasteiger charge is -2.28. The third-order valence-corrected chi connectivity index (χ3v) is 5.58. The monoisotopic (exact) mass is 467 g/mol. The molecule has 0 bridgehead atoms. The highest BCUT2D eigenvalue weighted by Gasteiger charge is 2.33. The van der Waals surface area contributed by atoms with Crippen LogP contribution in [0.15, 0.2) is 42.5 Å². The summed E-state index contributed by atoms with van der Waals surface area (Å²) in [5, 5.41) is 3.13. The summed E-state index contributed by atoms with van der Waals surface area (Å²) in [5.74, 6) is -0.273. The van der Waals surface area contributed by atoms with E-state index in [0.717, 1.165) is 11.1 Å². The molecule has 0 heterocycles. The van der Waals surface area contributed by atoms with Gasteiger partial charge < -0.3 is 14.2 Å². The second-order valence-corrected chi connectivity index (χ2v) is 9.87. The van der Waals surface area contributed by atoms with Gasteiger partial charge in [0.15, 0.2) is 5.78 Å². The van der Waals surface area contributed by atoms with Crippen LogP contribution in [0.5, 0.6) is 5.75 Å². The van der Waals surface area contributed by atoms with Gasteiger partial charge in [0.25, 0.3) is 0 Å². The Morgan fingerprint density at radius 3 is 2.21 bits per heavy atom. The van der Waals surface area contributed by atoms with Crippen molar-refractivity contribution in [1.82, 2.24) is 5.32 Å². The highest BCUT2D eigenvalue weighted by atomic mass is 16.6. The molecular formula is C27H33NO6. The molecule has 0 radical (unpaired) electrons. The molecule has 2 aromatic rings. The number of fused-ring (bicyclic) bond motifs is 3. The fourth-order valence-corrected chi connectivity index (χ4v) is 3.56. The highest BCUT2D eigenvalue weighted by Crippen LogP contribution is 2.42. The van der Waals surface area contributed by atoms with Crippen molar-refractivity contribution in [3.05, 3.63) is 53.6 Å². The Morgan fingerprint density at radius 1 is 0.912 bits per heavy atom. The quantitative estimate of drug-likeness (QED) is 0.473. The van der Waals surface area contributed by atoms with Crippen molar-refractivity contribution < 1.29 is 28.6 Å². The molecule has 7 heteroatoms. The predicted molar refractivity (Wildman–Crippen MR) is 129 cm³/mol. The van der Waals surface area contributed by atoms with Crippen LogP contribution in [0.4, 0.5) is 0 Å². The number of hydrogen-bond acceptors (Lipinski definition) is 7. The van der Waals surface area contributed by atoms with Crippen LogP contribution >= 0.6 is 0 Å². The summed E-state index contributed by atoms with van der Waals surface area (Å²) in [7, 11) is 0. The van der Waals surface area contributed by atoms with Crippen LogP contribution in [0.2, 0.25) is 0 Å². The van der Waals surface area contributed by atoms with E-state index in [-0.39, 0.29) is 31.5 Å². The molecule has 0 aliphatic heterocycles. The van der Waals surface area contributed by atoms with Gasteiger partial charge in [-0.1, -0.05) is 36.4 Å². The van der Waals surface area contributed by atoms with Crippen LogP contribution in [-0.4, -0.2) is 49.1 Å². The topological polar surface area (TPSA) is 90.9 Å². The summed E-state index contributed by atoms with van der Waals surface area (Å²) in [5.41, 5.74) is 1.12. The van der Waals surface area contributed by atoms with Crippen LogP contribution in [0.3, 0.4) is 0 Å². The van der Waals surface area contributed by atoms with Gasteiger partial charge in [-0.3, -0.25) is 19.7 Å². The number of rotatable bonds is 9.